The molecule has 0 aromatic rings. The van der Waals surface area contributed by atoms with Gasteiger partial charge in [-0.1, -0.05) is 0 Å². The fourth-order valence-electron chi connectivity index (χ4n) is 2.20. The van der Waals surface area contributed by atoms with Crippen LogP contribution in [0.1, 0.15) is 25.7 Å². The van der Waals surface area contributed by atoms with Gasteiger partial charge in [-0.25, -0.2) is 0 Å². The number of carbonyl (C=O) groups is 1. The van der Waals surface area contributed by atoms with E-state index in [0.29, 0.717) is 12.5 Å². The zero-order valence-electron chi connectivity index (χ0n) is 6.99. The maximum absolute atomic E-state index is 11.2. The van der Waals surface area contributed by atoms with Crippen LogP contribution in [0.3, 0.4) is 0 Å². The summed E-state index contributed by atoms with van der Waals surface area (Å²) >= 11 is 0. The van der Waals surface area contributed by atoms with Crippen LogP contribution in [0.15, 0.2) is 0 Å². The molecule has 2 atom stereocenters. The average Bonchev–Trinajstić information content (AvgIpc) is 2.47. The van der Waals surface area contributed by atoms with E-state index in [9.17, 15) is 4.79 Å². The van der Waals surface area contributed by atoms with Crippen molar-refractivity contribution in [1.29, 1.82) is 5.26 Å². The first-order valence-electron chi connectivity index (χ1n) is 4.50. The number of nitriles is 1. The normalized spacial score (nSPS) is 34.6. The van der Waals surface area contributed by atoms with Gasteiger partial charge in [0.25, 0.3) is 0 Å². The molecule has 2 saturated heterocycles. The first kappa shape index (κ1) is 7.60. The van der Waals surface area contributed by atoms with Crippen molar-refractivity contribution in [2.75, 3.05) is 6.54 Å². The molecule has 0 aromatic heterocycles. The van der Waals surface area contributed by atoms with E-state index in [1.165, 1.54) is 0 Å². The molecule has 64 valence electrons. The van der Waals surface area contributed by atoms with E-state index in [1.54, 1.807) is 0 Å². The van der Waals surface area contributed by atoms with Gasteiger partial charge in [-0.2, -0.15) is 5.26 Å². The largest absolute Gasteiger partial charge is 0.340 e. The Kier molecular flexibility index (Phi) is 1.76. The topological polar surface area (TPSA) is 44.1 Å². The minimum Gasteiger partial charge on any atom is -0.340 e. The van der Waals surface area contributed by atoms with Crippen LogP contribution in [0.25, 0.3) is 0 Å². The number of carbonyl (C=O) groups excluding carboxylic acids is 1. The van der Waals surface area contributed by atoms with Crippen LogP contribution in [0, 0.1) is 17.2 Å². The van der Waals surface area contributed by atoms with Crippen molar-refractivity contribution in [2.24, 2.45) is 5.92 Å². The van der Waals surface area contributed by atoms with Crippen LogP contribution in [-0.4, -0.2) is 23.4 Å². The summed E-state index contributed by atoms with van der Waals surface area (Å²) in [6.45, 7) is 0.807. The summed E-state index contributed by atoms with van der Waals surface area (Å²) in [5.41, 5.74) is 0. The van der Waals surface area contributed by atoms with Gasteiger partial charge in [0, 0.05) is 24.9 Å². The van der Waals surface area contributed by atoms with E-state index in [4.69, 9.17) is 5.26 Å². The predicted molar refractivity (Wildman–Crippen MR) is 43.1 cm³/mol. The second kappa shape index (κ2) is 2.78. The Bertz CT molecular complexity index is 243. The molecule has 1 unspecified atom stereocenters. The molecule has 1 amide bonds. The molecule has 12 heavy (non-hydrogen) atoms. The molecule has 0 N–H and O–H groups in total. The Morgan fingerprint density at radius 1 is 1.50 bits per heavy atom. The van der Waals surface area contributed by atoms with Crippen LogP contribution in [0.2, 0.25) is 0 Å². The lowest BCUT2D eigenvalue weighted by Gasteiger charge is -2.31. The number of rotatable bonds is 0. The average molecular weight is 164 g/mol. The highest BCUT2D eigenvalue weighted by molar-refractivity contribution is 5.78. The van der Waals surface area contributed by atoms with Crippen molar-refractivity contribution in [1.82, 2.24) is 4.90 Å². The lowest BCUT2D eigenvalue weighted by molar-refractivity contribution is -0.130. The SMILES string of the molecule is N#C[C@@H]1CCN2C(=O)CCC2C1. The van der Waals surface area contributed by atoms with Crippen molar-refractivity contribution in [3.05, 3.63) is 0 Å². The molecule has 0 aliphatic carbocycles. The Labute approximate surface area is 72.0 Å². The molecule has 0 spiro atoms. The van der Waals surface area contributed by atoms with E-state index in [-0.39, 0.29) is 11.8 Å². The van der Waals surface area contributed by atoms with Gasteiger partial charge >= 0.3 is 0 Å². The Morgan fingerprint density at radius 3 is 3.08 bits per heavy atom. The third-order valence-electron chi connectivity index (χ3n) is 2.91. The van der Waals surface area contributed by atoms with E-state index in [0.717, 1.165) is 25.8 Å². The first-order chi connectivity index (χ1) is 5.81. The van der Waals surface area contributed by atoms with Crippen molar-refractivity contribution < 1.29 is 4.79 Å². The second-order valence-corrected chi connectivity index (χ2v) is 3.63. The third kappa shape index (κ3) is 1.08. The number of nitrogens with zero attached hydrogens (tertiary/aromatic N) is 2. The van der Waals surface area contributed by atoms with Crippen molar-refractivity contribution >= 4 is 5.91 Å². The van der Waals surface area contributed by atoms with E-state index in [1.807, 2.05) is 4.90 Å². The summed E-state index contributed by atoms with van der Waals surface area (Å²) in [5.74, 6) is 0.480. The molecule has 2 heterocycles. The maximum atomic E-state index is 11.2. The molecule has 3 heteroatoms. The van der Waals surface area contributed by atoms with Gasteiger partial charge < -0.3 is 4.90 Å². The fraction of sp³-hybridized carbons (Fsp3) is 0.778. The standard InChI is InChI=1S/C9H12N2O/c10-6-7-3-4-11-8(5-7)1-2-9(11)12/h7-8H,1-5H2/t7-,8?/m1/s1. The van der Waals surface area contributed by atoms with E-state index < -0.39 is 0 Å². The Hall–Kier alpha value is -1.04. The quantitative estimate of drug-likeness (QED) is 0.534. The van der Waals surface area contributed by atoms with Crippen LogP contribution in [-0.2, 0) is 4.79 Å². The summed E-state index contributed by atoms with van der Waals surface area (Å²) in [7, 11) is 0. The van der Waals surface area contributed by atoms with Gasteiger partial charge in [-0.3, -0.25) is 4.79 Å². The molecular formula is C9H12N2O. The van der Waals surface area contributed by atoms with Crippen LogP contribution < -0.4 is 0 Å². The number of hydrogen-bond donors (Lipinski definition) is 0. The number of piperidine rings is 1. The molecule has 2 fully saturated rings. The highest BCUT2D eigenvalue weighted by atomic mass is 16.2. The predicted octanol–water partition coefficient (Wildman–Crippen LogP) is 0.911. The first-order valence-corrected chi connectivity index (χ1v) is 4.50. The highest BCUT2D eigenvalue weighted by Gasteiger charge is 2.35. The molecule has 2 aliphatic rings. The number of hydrogen-bond acceptors (Lipinski definition) is 2. The van der Waals surface area contributed by atoms with Gasteiger partial charge in [0.1, 0.15) is 0 Å². The van der Waals surface area contributed by atoms with Gasteiger partial charge in [-0.05, 0) is 19.3 Å². The van der Waals surface area contributed by atoms with E-state index >= 15 is 0 Å². The van der Waals surface area contributed by atoms with Crippen LogP contribution in [0.4, 0.5) is 0 Å². The smallest absolute Gasteiger partial charge is 0.222 e. The number of fused-ring (bicyclic) bond motifs is 1. The van der Waals surface area contributed by atoms with Crippen molar-refractivity contribution in [2.45, 2.75) is 31.7 Å². The monoisotopic (exact) mass is 164 g/mol. The lowest BCUT2D eigenvalue weighted by Crippen LogP contribution is -2.39. The van der Waals surface area contributed by atoms with Gasteiger partial charge in [-0.15, -0.1) is 0 Å². The lowest BCUT2D eigenvalue weighted by atomic mass is 9.92. The number of amides is 1. The molecule has 3 nitrogen and oxygen atoms in total. The maximum Gasteiger partial charge on any atom is 0.222 e. The summed E-state index contributed by atoms with van der Waals surface area (Å²) in [6.07, 6.45) is 3.45. The zero-order chi connectivity index (χ0) is 8.55. The highest BCUT2D eigenvalue weighted by Crippen LogP contribution is 2.30. The minimum absolute atomic E-state index is 0.192. The summed E-state index contributed by atoms with van der Waals surface area (Å²) in [4.78, 5) is 13.2. The van der Waals surface area contributed by atoms with Crippen molar-refractivity contribution in [3.8, 4) is 6.07 Å². The Morgan fingerprint density at radius 2 is 2.33 bits per heavy atom. The molecular weight excluding hydrogens is 152 g/mol. The minimum atomic E-state index is 0.192. The van der Waals surface area contributed by atoms with Gasteiger partial charge in [0.05, 0.1) is 6.07 Å². The fourth-order valence-corrected chi connectivity index (χ4v) is 2.20. The van der Waals surface area contributed by atoms with Crippen molar-refractivity contribution in [3.63, 3.8) is 0 Å². The summed E-state index contributed by atoms with van der Waals surface area (Å²) < 4.78 is 0. The molecule has 2 rings (SSSR count). The molecule has 0 bridgehead atoms. The summed E-state index contributed by atoms with van der Waals surface area (Å²) in [6, 6.07) is 2.68. The third-order valence-corrected chi connectivity index (χ3v) is 2.91. The molecule has 0 saturated carbocycles. The molecule has 0 aromatic carbocycles. The second-order valence-electron chi connectivity index (χ2n) is 3.63. The molecule has 0 radical (unpaired) electrons. The van der Waals surface area contributed by atoms with Crippen LogP contribution in [0.5, 0.6) is 0 Å². The van der Waals surface area contributed by atoms with Crippen LogP contribution >= 0.6 is 0 Å². The zero-order valence-corrected chi connectivity index (χ0v) is 6.99. The Balaban J connectivity index is 2.05. The van der Waals surface area contributed by atoms with Gasteiger partial charge in [0.2, 0.25) is 5.91 Å². The summed E-state index contributed by atoms with van der Waals surface area (Å²) in [5, 5.41) is 8.72. The van der Waals surface area contributed by atoms with Gasteiger partial charge in [0.15, 0.2) is 0 Å². The van der Waals surface area contributed by atoms with E-state index in [2.05, 4.69) is 6.07 Å². The molecule has 2 aliphatic heterocycles.